The minimum absolute atomic E-state index is 0.223. The summed E-state index contributed by atoms with van der Waals surface area (Å²) in [7, 11) is 0. The van der Waals surface area contributed by atoms with Crippen LogP contribution in [0.15, 0.2) is 59.6 Å². The Labute approximate surface area is 119 Å². The van der Waals surface area contributed by atoms with Gasteiger partial charge in [-0.25, -0.2) is 0 Å². The molecule has 0 spiro atoms. The summed E-state index contributed by atoms with van der Waals surface area (Å²) in [5, 5.41) is 0. The summed E-state index contributed by atoms with van der Waals surface area (Å²) in [6, 6.07) is 18.8. The number of hydrogen-bond acceptors (Lipinski definition) is 3. The molecule has 0 saturated heterocycles. The van der Waals surface area contributed by atoms with Crippen LogP contribution in [0, 0.1) is 6.92 Å². The van der Waals surface area contributed by atoms with Crippen molar-refractivity contribution < 1.29 is 0 Å². The van der Waals surface area contributed by atoms with Gasteiger partial charge in [0.25, 0.3) is 0 Å². The van der Waals surface area contributed by atoms with Crippen LogP contribution in [0.1, 0.15) is 18.1 Å². The normalized spacial score (nSPS) is 21.9. The predicted molar refractivity (Wildman–Crippen MR) is 83.9 cm³/mol. The second-order valence-corrected chi connectivity index (χ2v) is 5.49. The van der Waals surface area contributed by atoms with Gasteiger partial charge in [-0.15, -0.1) is 0 Å². The van der Waals surface area contributed by atoms with Crippen molar-refractivity contribution in [2.75, 3.05) is 11.4 Å². The van der Waals surface area contributed by atoms with E-state index in [4.69, 9.17) is 5.73 Å². The first-order valence-electron chi connectivity index (χ1n) is 6.83. The van der Waals surface area contributed by atoms with Gasteiger partial charge < -0.3 is 10.6 Å². The van der Waals surface area contributed by atoms with Gasteiger partial charge >= 0.3 is 0 Å². The number of nitrogens with zero attached hydrogens (tertiary/aromatic N) is 2. The standard InChI is InChI=1S/C17H19N3/c1-13-8-10-14(11-9-13)17(2)12-19-16(18)20(17)15-6-4-3-5-7-15/h3-11H,12H2,1-2H3,(H2,18,19). The molecule has 0 aromatic heterocycles. The van der Waals surface area contributed by atoms with Gasteiger partial charge in [-0.05, 0) is 31.5 Å². The lowest BCUT2D eigenvalue weighted by Gasteiger charge is -2.36. The number of benzene rings is 2. The average Bonchev–Trinajstić information content (AvgIpc) is 2.77. The predicted octanol–water partition coefficient (Wildman–Crippen LogP) is 3.05. The van der Waals surface area contributed by atoms with E-state index in [1.165, 1.54) is 11.1 Å². The molecule has 2 aromatic rings. The first kappa shape index (κ1) is 12.7. The van der Waals surface area contributed by atoms with E-state index in [0.717, 1.165) is 5.69 Å². The summed E-state index contributed by atoms with van der Waals surface area (Å²) in [5.41, 5.74) is 9.48. The molecule has 0 fully saturated rings. The number of anilines is 1. The van der Waals surface area contributed by atoms with Gasteiger partial charge in [-0.1, -0.05) is 48.0 Å². The lowest BCUT2D eigenvalue weighted by molar-refractivity contribution is 0.533. The van der Waals surface area contributed by atoms with E-state index in [1.54, 1.807) is 0 Å². The number of guanidine groups is 1. The van der Waals surface area contributed by atoms with Crippen LogP contribution in [-0.4, -0.2) is 12.5 Å². The Hall–Kier alpha value is -2.29. The Morgan fingerprint density at radius 3 is 2.35 bits per heavy atom. The zero-order chi connectivity index (χ0) is 14.2. The molecule has 2 aromatic carbocycles. The molecule has 0 aliphatic carbocycles. The Bertz CT molecular complexity index is 631. The van der Waals surface area contributed by atoms with Crippen LogP contribution in [0.5, 0.6) is 0 Å². The highest BCUT2D eigenvalue weighted by atomic mass is 15.4. The van der Waals surface area contributed by atoms with Gasteiger partial charge in [-0.3, -0.25) is 4.99 Å². The maximum atomic E-state index is 6.13. The average molecular weight is 265 g/mol. The van der Waals surface area contributed by atoms with Crippen LogP contribution >= 0.6 is 0 Å². The third kappa shape index (κ3) is 1.95. The van der Waals surface area contributed by atoms with Crippen LogP contribution in [0.25, 0.3) is 0 Å². The van der Waals surface area contributed by atoms with Crippen molar-refractivity contribution in [1.82, 2.24) is 0 Å². The molecule has 1 aliphatic heterocycles. The van der Waals surface area contributed by atoms with Gasteiger partial charge in [0.15, 0.2) is 5.96 Å². The highest BCUT2D eigenvalue weighted by Crippen LogP contribution is 2.36. The SMILES string of the molecule is Cc1ccc(C2(C)CN=C(N)N2c2ccccc2)cc1. The van der Waals surface area contributed by atoms with E-state index >= 15 is 0 Å². The van der Waals surface area contributed by atoms with E-state index in [9.17, 15) is 0 Å². The second-order valence-electron chi connectivity index (χ2n) is 5.49. The van der Waals surface area contributed by atoms with E-state index in [2.05, 4.69) is 60.1 Å². The van der Waals surface area contributed by atoms with Gasteiger partial charge in [0.2, 0.25) is 0 Å². The van der Waals surface area contributed by atoms with Crippen molar-refractivity contribution in [3.05, 3.63) is 65.7 Å². The fraction of sp³-hybridized carbons (Fsp3) is 0.235. The third-order valence-corrected chi connectivity index (χ3v) is 3.96. The van der Waals surface area contributed by atoms with Gasteiger partial charge in [0.1, 0.15) is 0 Å². The van der Waals surface area contributed by atoms with Crippen molar-refractivity contribution >= 4 is 11.6 Å². The minimum Gasteiger partial charge on any atom is -0.369 e. The van der Waals surface area contributed by atoms with Crippen molar-refractivity contribution in [1.29, 1.82) is 0 Å². The molecule has 20 heavy (non-hydrogen) atoms. The van der Waals surface area contributed by atoms with Gasteiger partial charge in [0.05, 0.1) is 12.1 Å². The molecule has 1 atom stereocenters. The summed E-state index contributed by atoms with van der Waals surface area (Å²) >= 11 is 0. The van der Waals surface area contributed by atoms with E-state index in [1.807, 2.05) is 18.2 Å². The van der Waals surface area contributed by atoms with Crippen LogP contribution in [0.3, 0.4) is 0 Å². The fourth-order valence-electron chi connectivity index (χ4n) is 2.76. The lowest BCUT2D eigenvalue weighted by atomic mass is 9.90. The number of hydrogen-bond donors (Lipinski definition) is 1. The minimum atomic E-state index is -0.223. The highest BCUT2D eigenvalue weighted by Gasteiger charge is 2.40. The zero-order valence-corrected chi connectivity index (χ0v) is 11.9. The quantitative estimate of drug-likeness (QED) is 0.906. The number of rotatable bonds is 2. The van der Waals surface area contributed by atoms with Gasteiger partial charge in [0, 0.05) is 5.69 Å². The molecule has 0 saturated carbocycles. The maximum Gasteiger partial charge on any atom is 0.196 e. The number of aliphatic imine (C=N–C) groups is 1. The molecule has 1 heterocycles. The third-order valence-electron chi connectivity index (χ3n) is 3.96. The topological polar surface area (TPSA) is 41.6 Å². The van der Waals surface area contributed by atoms with Crippen LogP contribution in [0.2, 0.25) is 0 Å². The Kier molecular flexibility index (Phi) is 2.97. The van der Waals surface area contributed by atoms with Crippen LogP contribution < -0.4 is 10.6 Å². The molecule has 3 heteroatoms. The fourth-order valence-corrected chi connectivity index (χ4v) is 2.76. The van der Waals surface area contributed by atoms with Crippen molar-refractivity contribution in [3.63, 3.8) is 0 Å². The van der Waals surface area contributed by atoms with E-state index < -0.39 is 0 Å². The molecule has 1 aliphatic rings. The zero-order valence-electron chi connectivity index (χ0n) is 11.9. The van der Waals surface area contributed by atoms with E-state index in [0.29, 0.717) is 12.5 Å². The lowest BCUT2D eigenvalue weighted by Crippen LogP contribution is -2.47. The summed E-state index contributed by atoms with van der Waals surface area (Å²) in [6.07, 6.45) is 0. The molecule has 0 radical (unpaired) electrons. The van der Waals surface area contributed by atoms with E-state index in [-0.39, 0.29) is 5.54 Å². The maximum absolute atomic E-state index is 6.13. The van der Waals surface area contributed by atoms with Gasteiger partial charge in [-0.2, -0.15) is 0 Å². The highest BCUT2D eigenvalue weighted by molar-refractivity contribution is 5.98. The molecule has 102 valence electrons. The molecule has 3 rings (SSSR count). The summed E-state index contributed by atoms with van der Waals surface area (Å²) in [5.74, 6) is 0.583. The smallest absolute Gasteiger partial charge is 0.196 e. The molecular weight excluding hydrogens is 246 g/mol. The first-order valence-corrected chi connectivity index (χ1v) is 6.83. The Morgan fingerprint density at radius 2 is 1.70 bits per heavy atom. The summed E-state index contributed by atoms with van der Waals surface area (Å²) in [6.45, 7) is 4.96. The molecular formula is C17H19N3. The van der Waals surface area contributed by atoms with Crippen molar-refractivity contribution in [2.24, 2.45) is 10.7 Å². The number of nitrogens with two attached hydrogens (primary N) is 1. The molecule has 3 nitrogen and oxygen atoms in total. The number of para-hydroxylation sites is 1. The number of aryl methyl sites for hydroxylation is 1. The molecule has 0 amide bonds. The summed E-state index contributed by atoms with van der Waals surface area (Å²) < 4.78 is 0. The molecule has 2 N–H and O–H groups in total. The molecule has 1 unspecified atom stereocenters. The van der Waals surface area contributed by atoms with Crippen molar-refractivity contribution in [2.45, 2.75) is 19.4 Å². The molecule has 0 bridgehead atoms. The van der Waals surface area contributed by atoms with Crippen LogP contribution in [0.4, 0.5) is 5.69 Å². The first-order chi connectivity index (χ1) is 9.61. The second kappa shape index (κ2) is 4.67. The summed E-state index contributed by atoms with van der Waals surface area (Å²) in [4.78, 5) is 6.59. The Balaban J connectivity index is 2.06. The Morgan fingerprint density at radius 1 is 1.05 bits per heavy atom. The van der Waals surface area contributed by atoms with Crippen molar-refractivity contribution in [3.8, 4) is 0 Å². The largest absolute Gasteiger partial charge is 0.369 e. The monoisotopic (exact) mass is 265 g/mol. The van der Waals surface area contributed by atoms with Crippen LogP contribution in [-0.2, 0) is 5.54 Å².